The molecule has 4 aromatic carbocycles. The Labute approximate surface area is 318 Å². The maximum Gasteiger partial charge on any atom is 0.0594 e. The average molecular weight is 707 g/mol. The normalized spacial score (nSPS) is 13.7. The van der Waals surface area contributed by atoms with Gasteiger partial charge in [0.2, 0.25) is 0 Å². The molecule has 0 aromatic heterocycles. The highest BCUT2D eigenvalue weighted by Gasteiger charge is 2.19. The molecule has 1 aliphatic heterocycles. The third-order valence-corrected chi connectivity index (χ3v) is 8.46. The zero-order valence-electron chi connectivity index (χ0n) is 32.0. The van der Waals surface area contributed by atoms with Crippen molar-refractivity contribution in [2.45, 2.75) is 46.1 Å². The van der Waals surface area contributed by atoms with Crippen LogP contribution < -0.4 is 27.0 Å². The van der Waals surface area contributed by atoms with Crippen LogP contribution in [0.15, 0.2) is 177 Å². The predicted octanol–water partition coefficient (Wildman–Crippen LogP) is 11.0. The Morgan fingerprint density at radius 2 is 1.53 bits per heavy atom. The van der Waals surface area contributed by atoms with E-state index in [0.29, 0.717) is 11.7 Å². The molecule has 1 atom stereocenters. The van der Waals surface area contributed by atoms with Crippen LogP contribution in [0.2, 0.25) is 0 Å². The molecule has 0 radical (unpaired) electrons. The number of benzene rings is 4. The number of allylic oxidation sites excluding steroid dienone is 3. The molecule has 0 saturated carbocycles. The van der Waals surface area contributed by atoms with Crippen molar-refractivity contribution < 1.29 is 0 Å². The Hall–Kier alpha value is -6.14. The SMILES string of the molecule is C=CC(=C)N.C=CNc1ccccc1.CC.CC1C=CC(CCN(C)/C(=C\N)c2ccc(N(c3ccccc3)c3cccc4c3CCC=C4)cc2)=CN1. The van der Waals surface area contributed by atoms with Crippen molar-refractivity contribution in [3.8, 4) is 0 Å². The van der Waals surface area contributed by atoms with Gasteiger partial charge in [0, 0.05) is 60.5 Å². The zero-order chi connectivity index (χ0) is 38.4. The van der Waals surface area contributed by atoms with Gasteiger partial charge in [-0.3, -0.25) is 0 Å². The fourth-order valence-corrected chi connectivity index (χ4v) is 5.73. The topological polar surface area (TPSA) is 82.6 Å². The number of nitrogens with one attached hydrogen (secondary N) is 2. The first-order valence-electron chi connectivity index (χ1n) is 18.3. The molecule has 0 spiro atoms. The standard InChI is InChI=1S/C33H36N4.C8H9N.C4H7N.C2H6/c1-25-15-16-26(24-35-25)21-22-36(2)33(23-34)28-17-19-30(20-18-28)37(29-11-4-3-5-12-29)32-14-8-10-27-9-6-7-13-31(27)32;1-2-9-8-6-4-3-5-7-8;1-3-4(2)5;1-2/h3-6,8-12,14-20,23-25,35H,7,13,21-22,34H2,1-2H3;2-7,9H,1H2;3H,1-2,5H2;1-2H3/b33-23-;;;. The monoisotopic (exact) mass is 706 g/mol. The minimum atomic E-state index is 0.396. The fraction of sp³-hybridized carbons (Fsp3) is 0.191. The third kappa shape index (κ3) is 12.8. The lowest BCUT2D eigenvalue weighted by Crippen LogP contribution is -2.23. The van der Waals surface area contributed by atoms with E-state index in [2.05, 4.69) is 157 Å². The second kappa shape index (κ2) is 22.6. The molecule has 6 heteroatoms. The Kier molecular flexibility index (Phi) is 17.6. The number of hydrogen-bond donors (Lipinski definition) is 4. The Morgan fingerprint density at radius 3 is 2.11 bits per heavy atom. The Bertz CT molecular complexity index is 1840. The second-order valence-electron chi connectivity index (χ2n) is 12.3. The van der Waals surface area contributed by atoms with Crippen molar-refractivity contribution in [2.24, 2.45) is 11.5 Å². The van der Waals surface area contributed by atoms with E-state index >= 15 is 0 Å². The van der Waals surface area contributed by atoms with Gasteiger partial charge in [-0.25, -0.2) is 0 Å². The molecule has 1 aliphatic carbocycles. The molecule has 0 amide bonds. The van der Waals surface area contributed by atoms with Gasteiger partial charge in [0.05, 0.1) is 5.70 Å². The summed E-state index contributed by atoms with van der Waals surface area (Å²) in [5.41, 5.74) is 22.4. The van der Waals surface area contributed by atoms with Gasteiger partial charge in [0.1, 0.15) is 0 Å². The van der Waals surface area contributed by atoms with Gasteiger partial charge >= 0.3 is 0 Å². The van der Waals surface area contributed by atoms with Crippen LogP contribution in [0.5, 0.6) is 0 Å². The number of rotatable bonds is 11. The molecule has 6 nitrogen and oxygen atoms in total. The highest BCUT2D eigenvalue weighted by atomic mass is 15.1. The van der Waals surface area contributed by atoms with Gasteiger partial charge in [0.15, 0.2) is 0 Å². The third-order valence-electron chi connectivity index (χ3n) is 8.46. The van der Waals surface area contributed by atoms with Gasteiger partial charge < -0.3 is 31.9 Å². The largest absolute Gasteiger partial charge is 0.403 e. The van der Waals surface area contributed by atoms with Crippen molar-refractivity contribution in [1.82, 2.24) is 10.2 Å². The smallest absolute Gasteiger partial charge is 0.0594 e. The Balaban J connectivity index is 0.000000395. The van der Waals surface area contributed by atoms with E-state index in [1.807, 2.05) is 44.2 Å². The van der Waals surface area contributed by atoms with Crippen molar-refractivity contribution in [2.75, 3.05) is 23.8 Å². The first kappa shape index (κ1) is 41.3. The van der Waals surface area contributed by atoms with Gasteiger partial charge in [-0.05, 0) is 103 Å². The van der Waals surface area contributed by atoms with E-state index in [4.69, 9.17) is 11.5 Å². The zero-order valence-corrected chi connectivity index (χ0v) is 32.0. The quantitative estimate of drug-likeness (QED) is 0.116. The van der Waals surface area contributed by atoms with Gasteiger partial charge in [-0.2, -0.15) is 0 Å². The number of para-hydroxylation sites is 2. The summed E-state index contributed by atoms with van der Waals surface area (Å²) < 4.78 is 0. The molecule has 276 valence electrons. The van der Waals surface area contributed by atoms with Crippen LogP contribution in [0.1, 0.15) is 50.3 Å². The van der Waals surface area contributed by atoms with Crippen molar-refractivity contribution in [1.29, 1.82) is 0 Å². The maximum atomic E-state index is 6.13. The first-order chi connectivity index (χ1) is 25.8. The highest BCUT2D eigenvalue weighted by molar-refractivity contribution is 5.82. The van der Waals surface area contributed by atoms with E-state index < -0.39 is 0 Å². The molecule has 0 saturated heterocycles. The summed E-state index contributed by atoms with van der Waals surface area (Å²) in [6.07, 6.45) is 19.0. The molecule has 0 bridgehead atoms. The van der Waals surface area contributed by atoms with Gasteiger partial charge in [-0.15, -0.1) is 0 Å². The summed E-state index contributed by atoms with van der Waals surface area (Å²) >= 11 is 0. The minimum Gasteiger partial charge on any atom is -0.403 e. The molecule has 0 fully saturated rings. The second-order valence-corrected chi connectivity index (χ2v) is 12.3. The number of hydrogen-bond acceptors (Lipinski definition) is 6. The number of dihydropyridines is 1. The summed E-state index contributed by atoms with van der Waals surface area (Å²) in [5.74, 6) is 0. The van der Waals surface area contributed by atoms with Crippen LogP contribution >= 0.6 is 0 Å². The lowest BCUT2D eigenvalue weighted by Gasteiger charge is -2.30. The van der Waals surface area contributed by atoms with Gasteiger partial charge in [0.25, 0.3) is 0 Å². The lowest BCUT2D eigenvalue weighted by molar-refractivity contribution is 0.482. The lowest BCUT2D eigenvalue weighted by atomic mass is 9.94. The van der Waals surface area contributed by atoms with Crippen LogP contribution in [-0.2, 0) is 6.42 Å². The molecule has 1 heterocycles. The number of nitrogens with two attached hydrogens (primary N) is 2. The summed E-state index contributed by atoms with van der Waals surface area (Å²) in [4.78, 5) is 4.60. The average Bonchev–Trinajstić information content (AvgIpc) is 3.21. The van der Waals surface area contributed by atoms with E-state index in [1.54, 1.807) is 12.4 Å². The summed E-state index contributed by atoms with van der Waals surface area (Å²) in [5, 5.41) is 6.35. The fourth-order valence-electron chi connectivity index (χ4n) is 5.73. The van der Waals surface area contributed by atoms with Crippen molar-refractivity contribution in [3.63, 3.8) is 0 Å². The molecule has 2 aliphatic rings. The van der Waals surface area contributed by atoms with Crippen LogP contribution in [0.4, 0.5) is 22.7 Å². The maximum absolute atomic E-state index is 6.13. The molecule has 6 rings (SSSR count). The van der Waals surface area contributed by atoms with E-state index in [9.17, 15) is 0 Å². The molecule has 6 N–H and O–H groups in total. The Morgan fingerprint density at radius 1 is 0.887 bits per heavy atom. The summed E-state index contributed by atoms with van der Waals surface area (Å²) in [6, 6.07) is 36.3. The van der Waals surface area contributed by atoms with Crippen molar-refractivity contribution in [3.05, 3.63) is 194 Å². The molecule has 53 heavy (non-hydrogen) atoms. The van der Waals surface area contributed by atoms with E-state index in [1.165, 1.54) is 28.5 Å². The minimum absolute atomic E-state index is 0.396. The predicted molar refractivity (Wildman–Crippen MR) is 233 cm³/mol. The molecular weight excluding hydrogens is 649 g/mol. The number of anilines is 4. The molecule has 4 aromatic rings. The number of fused-ring (bicyclic) bond motifs is 1. The number of nitrogens with zero attached hydrogens (tertiary/aromatic N) is 2. The van der Waals surface area contributed by atoms with Crippen LogP contribution in [0.25, 0.3) is 11.8 Å². The van der Waals surface area contributed by atoms with Crippen LogP contribution in [0, 0.1) is 0 Å². The van der Waals surface area contributed by atoms with Gasteiger partial charge in [-0.1, -0.05) is 119 Å². The summed E-state index contributed by atoms with van der Waals surface area (Å²) in [7, 11) is 2.11. The molecule has 1 unspecified atom stereocenters. The first-order valence-corrected chi connectivity index (χ1v) is 18.3. The van der Waals surface area contributed by atoms with E-state index in [-0.39, 0.29) is 0 Å². The summed E-state index contributed by atoms with van der Waals surface area (Å²) in [6.45, 7) is 17.2. The van der Waals surface area contributed by atoms with Crippen molar-refractivity contribution >= 4 is 34.5 Å². The van der Waals surface area contributed by atoms with E-state index in [0.717, 1.165) is 54.1 Å². The van der Waals surface area contributed by atoms with Crippen LogP contribution in [0.3, 0.4) is 0 Å². The highest BCUT2D eigenvalue weighted by Crippen LogP contribution is 2.39. The molecular formula is C47H58N6. The van der Waals surface area contributed by atoms with Crippen LogP contribution in [-0.4, -0.2) is 24.5 Å².